The molecule has 0 aromatic heterocycles. The van der Waals surface area contributed by atoms with Crippen LogP contribution in [-0.4, -0.2) is 54.9 Å². The molecule has 6 heteroatoms. The van der Waals surface area contributed by atoms with Gasteiger partial charge >= 0.3 is 0 Å². The number of nitrogens with one attached hydrogen (secondary N) is 1. The van der Waals surface area contributed by atoms with E-state index >= 15 is 0 Å². The number of hydrogen-bond donors (Lipinski definition) is 2. The third-order valence-corrected chi connectivity index (χ3v) is 4.00. The number of aliphatic hydroxyl groups is 1. The number of para-hydroxylation sites is 1. The highest BCUT2D eigenvalue weighted by atomic mass is 127. The largest absolute Gasteiger partial charge is 0.395 e. The van der Waals surface area contributed by atoms with Crippen LogP contribution in [0.4, 0.5) is 5.69 Å². The van der Waals surface area contributed by atoms with E-state index in [1.807, 2.05) is 29.2 Å². The summed E-state index contributed by atoms with van der Waals surface area (Å²) in [6, 6.07) is 7.56. The number of benzene rings is 1. The highest BCUT2D eigenvalue weighted by molar-refractivity contribution is 14.1. The molecule has 1 aromatic rings. The number of rotatable bonds is 4. The molecule has 2 N–H and O–H groups in total. The van der Waals surface area contributed by atoms with Crippen LogP contribution in [0.25, 0.3) is 0 Å². The van der Waals surface area contributed by atoms with Crippen molar-refractivity contribution >= 4 is 34.2 Å². The molecule has 1 unspecified atom stereocenters. The highest BCUT2D eigenvalue weighted by Gasteiger charge is 2.24. The Kier molecular flexibility index (Phi) is 5.56. The Morgan fingerprint density at radius 1 is 1.53 bits per heavy atom. The molecule has 0 bridgehead atoms. The van der Waals surface area contributed by atoms with E-state index in [1.165, 1.54) is 0 Å². The molecule has 5 nitrogen and oxygen atoms in total. The van der Waals surface area contributed by atoms with Crippen LogP contribution < -0.4 is 5.32 Å². The number of carbonyl (C=O) groups excluding carboxylic acids is 1. The van der Waals surface area contributed by atoms with Gasteiger partial charge in [-0.3, -0.25) is 9.69 Å². The molecule has 1 amide bonds. The molecule has 1 saturated heterocycles. The molecule has 19 heavy (non-hydrogen) atoms. The number of nitrogens with zero attached hydrogens (tertiary/aromatic N) is 1. The smallest absolute Gasteiger partial charge is 0.238 e. The minimum atomic E-state index is -0.0886. The van der Waals surface area contributed by atoms with Crippen molar-refractivity contribution in [1.29, 1.82) is 0 Å². The van der Waals surface area contributed by atoms with Crippen LogP contribution in [0.1, 0.15) is 0 Å². The molecule has 0 aliphatic carbocycles. The van der Waals surface area contributed by atoms with Gasteiger partial charge in [-0.25, -0.2) is 0 Å². The first-order valence-electron chi connectivity index (χ1n) is 6.17. The normalized spacial score (nSPS) is 20.2. The summed E-state index contributed by atoms with van der Waals surface area (Å²) < 4.78 is 6.30. The van der Waals surface area contributed by atoms with Crippen molar-refractivity contribution in [3.63, 3.8) is 0 Å². The molecule has 104 valence electrons. The van der Waals surface area contributed by atoms with Gasteiger partial charge in [-0.1, -0.05) is 12.1 Å². The lowest BCUT2D eigenvalue weighted by atomic mass is 10.2. The third kappa shape index (κ3) is 4.13. The van der Waals surface area contributed by atoms with Crippen LogP contribution in [0.5, 0.6) is 0 Å². The number of anilines is 1. The van der Waals surface area contributed by atoms with E-state index < -0.39 is 0 Å². The molecule has 1 atom stereocenters. The molecular formula is C13H17IN2O3. The van der Waals surface area contributed by atoms with Crippen molar-refractivity contribution in [3.05, 3.63) is 27.8 Å². The van der Waals surface area contributed by atoms with Gasteiger partial charge in [0.05, 0.1) is 38.1 Å². The fourth-order valence-corrected chi connectivity index (χ4v) is 2.52. The third-order valence-electron chi connectivity index (χ3n) is 3.05. The maximum Gasteiger partial charge on any atom is 0.238 e. The Bertz CT molecular complexity index is 442. The SMILES string of the molecule is O=C(CN1CCOCC1CO)Nc1ccccc1I. The van der Waals surface area contributed by atoms with E-state index in [2.05, 4.69) is 27.9 Å². The maximum absolute atomic E-state index is 12.0. The first-order valence-corrected chi connectivity index (χ1v) is 7.25. The molecule has 1 fully saturated rings. The predicted octanol–water partition coefficient (Wildman–Crippen LogP) is 0.923. The van der Waals surface area contributed by atoms with Crippen LogP contribution in [0.3, 0.4) is 0 Å². The van der Waals surface area contributed by atoms with E-state index in [9.17, 15) is 9.90 Å². The number of carbonyl (C=O) groups is 1. The van der Waals surface area contributed by atoms with Crippen molar-refractivity contribution in [2.45, 2.75) is 6.04 Å². The summed E-state index contributed by atoms with van der Waals surface area (Å²) in [5.74, 6) is -0.0653. The molecular weight excluding hydrogens is 359 g/mol. The van der Waals surface area contributed by atoms with Gasteiger partial charge in [-0.2, -0.15) is 0 Å². The van der Waals surface area contributed by atoms with Gasteiger partial charge in [-0.15, -0.1) is 0 Å². The molecule has 1 aromatic carbocycles. The molecule has 1 heterocycles. The summed E-state index contributed by atoms with van der Waals surface area (Å²) in [7, 11) is 0. The van der Waals surface area contributed by atoms with Crippen molar-refractivity contribution < 1.29 is 14.6 Å². The van der Waals surface area contributed by atoms with Gasteiger partial charge in [0.15, 0.2) is 0 Å². The van der Waals surface area contributed by atoms with Gasteiger partial charge in [0.1, 0.15) is 0 Å². The molecule has 0 radical (unpaired) electrons. The second-order valence-corrected chi connectivity index (χ2v) is 5.57. The summed E-state index contributed by atoms with van der Waals surface area (Å²) in [6.45, 7) is 2.04. The second kappa shape index (κ2) is 7.18. The summed E-state index contributed by atoms with van der Waals surface area (Å²) in [5.41, 5.74) is 0.821. The summed E-state index contributed by atoms with van der Waals surface area (Å²) in [5, 5.41) is 12.1. The molecule has 0 saturated carbocycles. The van der Waals surface area contributed by atoms with Gasteiger partial charge in [0.2, 0.25) is 5.91 Å². The topological polar surface area (TPSA) is 61.8 Å². The number of ether oxygens (including phenoxy) is 1. The zero-order valence-corrected chi connectivity index (χ0v) is 12.7. The van der Waals surface area contributed by atoms with E-state index in [4.69, 9.17) is 4.74 Å². The van der Waals surface area contributed by atoms with Crippen molar-refractivity contribution in [3.8, 4) is 0 Å². The summed E-state index contributed by atoms with van der Waals surface area (Å²) in [6.07, 6.45) is 0. The van der Waals surface area contributed by atoms with Crippen LogP contribution in [0.2, 0.25) is 0 Å². The number of halogens is 1. The van der Waals surface area contributed by atoms with Gasteiger partial charge in [0.25, 0.3) is 0 Å². The standard InChI is InChI=1S/C13H17IN2O3/c14-11-3-1-2-4-12(11)15-13(18)7-16-5-6-19-9-10(16)8-17/h1-4,10,17H,5-9H2,(H,15,18). The predicted molar refractivity (Wildman–Crippen MR) is 81.1 cm³/mol. The van der Waals surface area contributed by atoms with Gasteiger partial charge < -0.3 is 15.2 Å². The van der Waals surface area contributed by atoms with E-state index in [0.29, 0.717) is 19.8 Å². The number of amides is 1. The minimum absolute atomic E-state index is 0.0101. The van der Waals surface area contributed by atoms with Crippen molar-refractivity contribution in [1.82, 2.24) is 4.90 Å². The zero-order valence-electron chi connectivity index (χ0n) is 10.5. The monoisotopic (exact) mass is 376 g/mol. The first kappa shape index (κ1) is 14.7. The fourth-order valence-electron chi connectivity index (χ4n) is 2.00. The van der Waals surface area contributed by atoms with Crippen molar-refractivity contribution in [2.75, 3.05) is 38.2 Å². The van der Waals surface area contributed by atoms with Crippen LogP contribution in [0.15, 0.2) is 24.3 Å². The van der Waals surface area contributed by atoms with E-state index in [-0.39, 0.29) is 25.1 Å². The lowest BCUT2D eigenvalue weighted by molar-refractivity contribution is -0.120. The Morgan fingerprint density at radius 3 is 3.05 bits per heavy atom. The Morgan fingerprint density at radius 2 is 2.32 bits per heavy atom. The van der Waals surface area contributed by atoms with Crippen LogP contribution in [-0.2, 0) is 9.53 Å². The number of hydrogen-bond acceptors (Lipinski definition) is 4. The zero-order chi connectivity index (χ0) is 13.7. The molecule has 1 aliphatic rings. The number of morpholine rings is 1. The van der Waals surface area contributed by atoms with Crippen LogP contribution in [0, 0.1) is 3.57 Å². The number of aliphatic hydroxyl groups excluding tert-OH is 1. The van der Waals surface area contributed by atoms with Crippen molar-refractivity contribution in [2.24, 2.45) is 0 Å². The lowest BCUT2D eigenvalue weighted by Gasteiger charge is -2.33. The average molecular weight is 376 g/mol. The first-order chi connectivity index (χ1) is 9.20. The quantitative estimate of drug-likeness (QED) is 0.768. The van der Waals surface area contributed by atoms with Crippen LogP contribution >= 0.6 is 22.6 Å². The van der Waals surface area contributed by atoms with E-state index in [1.54, 1.807) is 0 Å². The molecule has 1 aliphatic heterocycles. The average Bonchev–Trinajstić information content (AvgIpc) is 2.42. The minimum Gasteiger partial charge on any atom is -0.395 e. The highest BCUT2D eigenvalue weighted by Crippen LogP contribution is 2.17. The fraction of sp³-hybridized carbons (Fsp3) is 0.462. The van der Waals surface area contributed by atoms with Gasteiger partial charge in [0, 0.05) is 10.1 Å². The second-order valence-electron chi connectivity index (χ2n) is 4.41. The van der Waals surface area contributed by atoms with Gasteiger partial charge in [-0.05, 0) is 34.7 Å². The molecule has 2 rings (SSSR count). The lowest BCUT2D eigenvalue weighted by Crippen LogP contribution is -2.50. The Balaban J connectivity index is 1.92. The Labute approximate surface area is 126 Å². The molecule has 0 spiro atoms. The Hall–Kier alpha value is -0.700. The maximum atomic E-state index is 12.0. The summed E-state index contributed by atoms with van der Waals surface area (Å²) >= 11 is 2.19. The summed E-state index contributed by atoms with van der Waals surface area (Å²) in [4.78, 5) is 14.0. The van der Waals surface area contributed by atoms with E-state index in [0.717, 1.165) is 9.26 Å².